The molecular formula is C15H14ClNO2S. The maximum Gasteiger partial charge on any atom is 0.244 e. The quantitative estimate of drug-likeness (QED) is 0.820. The number of nitrogens with one attached hydrogen (secondary N) is 1. The fourth-order valence-corrected chi connectivity index (χ4v) is 2.39. The van der Waals surface area contributed by atoms with Crippen molar-refractivity contribution in [2.45, 2.75) is 12.3 Å². The molecule has 1 N–H and O–H groups in total. The molecule has 0 fully saturated rings. The number of halogens is 1. The molecule has 1 aromatic heterocycles. The van der Waals surface area contributed by atoms with Crippen LogP contribution in [0.25, 0.3) is 0 Å². The van der Waals surface area contributed by atoms with E-state index in [1.807, 2.05) is 30.3 Å². The number of thioether (sulfide) groups is 1. The van der Waals surface area contributed by atoms with Crippen molar-refractivity contribution in [3.05, 3.63) is 70.5 Å². The molecule has 0 spiro atoms. The number of benzene rings is 1. The molecule has 0 aliphatic carbocycles. The predicted molar refractivity (Wildman–Crippen MR) is 82.4 cm³/mol. The van der Waals surface area contributed by atoms with Crippen LogP contribution in [0.1, 0.15) is 11.3 Å². The van der Waals surface area contributed by atoms with Gasteiger partial charge in [0.1, 0.15) is 5.76 Å². The molecule has 0 unspecified atom stereocenters. The van der Waals surface area contributed by atoms with E-state index in [4.69, 9.17) is 16.0 Å². The van der Waals surface area contributed by atoms with Gasteiger partial charge >= 0.3 is 0 Å². The fraction of sp³-hybridized carbons (Fsp3) is 0.133. The van der Waals surface area contributed by atoms with Crippen molar-refractivity contribution >= 4 is 29.3 Å². The molecule has 3 nitrogen and oxygen atoms in total. The molecule has 2 aromatic rings. The zero-order chi connectivity index (χ0) is 14.2. The van der Waals surface area contributed by atoms with Gasteiger partial charge in [-0.2, -0.15) is 0 Å². The SMILES string of the molecule is O=C(/C=C\SCc1ccco1)NCc1cccc(Cl)c1. The molecule has 104 valence electrons. The van der Waals surface area contributed by atoms with Crippen molar-refractivity contribution in [3.8, 4) is 0 Å². The first-order chi connectivity index (χ1) is 9.74. The summed E-state index contributed by atoms with van der Waals surface area (Å²) in [7, 11) is 0. The van der Waals surface area contributed by atoms with Gasteiger partial charge in [0.15, 0.2) is 0 Å². The van der Waals surface area contributed by atoms with E-state index in [0.717, 1.165) is 11.3 Å². The second-order valence-corrected chi connectivity index (χ2v) is 5.37. The minimum absolute atomic E-state index is 0.128. The predicted octanol–water partition coefficient (Wildman–Crippen LogP) is 4.00. The Morgan fingerprint density at radius 2 is 2.25 bits per heavy atom. The second-order valence-electron chi connectivity index (χ2n) is 4.04. The van der Waals surface area contributed by atoms with Crippen LogP contribution < -0.4 is 5.32 Å². The van der Waals surface area contributed by atoms with E-state index in [-0.39, 0.29) is 5.91 Å². The largest absolute Gasteiger partial charge is 0.468 e. The number of carbonyl (C=O) groups is 1. The van der Waals surface area contributed by atoms with E-state index in [1.165, 1.54) is 17.8 Å². The van der Waals surface area contributed by atoms with Crippen LogP contribution in [0.2, 0.25) is 5.02 Å². The molecule has 1 amide bonds. The first kappa shape index (κ1) is 14.8. The highest BCUT2D eigenvalue weighted by Crippen LogP contribution is 2.13. The molecule has 0 atom stereocenters. The number of rotatable bonds is 6. The third kappa shape index (κ3) is 5.15. The van der Waals surface area contributed by atoms with Crippen molar-refractivity contribution in [1.29, 1.82) is 0 Å². The zero-order valence-corrected chi connectivity index (χ0v) is 12.3. The van der Waals surface area contributed by atoms with Gasteiger partial charge in [0.25, 0.3) is 0 Å². The van der Waals surface area contributed by atoms with Crippen LogP contribution >= 0.6 is 23.4 Å². The van der Waals surface area contributed by atoms with Crippen LogP contribution in [0.3, 0.4) is 0 Å². The average molecular weight is 308 g/mol. The lowest BCUT2D eigenvalue weighted by molar-refractivity contribution is -0.116. The normalized spacial score (nSPS) is 10.8. The Bertz CT molecular complexity index is 581. The number of furan rings is 1. The van der Waals surface area contributed by atoms with Crippen molar-refractivity contribution in [3.63, 3.8) is 0 Å². The standard InChI is InChI=1S/C15H14ClNO2S/c16-13-4-1-3-12(9-13)10-17-15(18)6-8-20-11-14-5-2-7-19-14/h1-9H,10-11H2,(H,17,18)/b8-6-. The Hall–Kier alpha value is -1.65. The molecule has 20 heavy (non-hydrogen) atoms. The monoisotopic (exact) mass is 307 g/mol. The van der Waals surface area contributed by atoms with E-state index in [1.54, 1.807) is 17.7 Å². The summed E-state index contributed by atoms with van der Waals surface area (Å²) in [4.78, 5) is 11.6. The molecule has 0 aliphatic heterocycles. The van der Waals surface area contributed by atoms with Gasteiger partial charge in [-0.25, -0.2) is 0 Å². The lowest BCUT2D eigenvalue weighted by Crippen LogP contribution is -2.20. The third-order valence-electron chi connectivity index (χ3n) is 2.48. The van der Waals surface area contributed by atoms with Gasteiger partial charge in [-0.3, -0.25) is 4.79 Å². The minimum Gasteiger partial charge on any atom is -0.468 e. The summed E-state index contributed by atoms with van der Waals surface area (Å²) in [5.41, 5.74) is 0.975. The Morgan fingerprint density at radius 3 is 3.00 bits per heavy atom. The van der Waals surface area contributed by atoms with E-state index >= 15 is 0 Å². The Kier molecular flexibility index (Phi) is 5.77. The van der Waals surface area contributed by atoms with Crippen molar-refractivity contribution < 1.29 is 9.21 Å². The molecule has 1 heterocycles. The first-order valence-corrected chi connectivity index (χ1v) is 7.49. The number of hydrogen-bond acceptors (Lipinski definition) is 3. The molecule has 0 bridgehead atoms. The van der Waals surface area contributed by atoms with Gasteiger partial charge in [0.05, 0.1) is 12.0 Å². The van der Waals surface area contributed by atoms with Crippen LogP contribution in [0, 0.1) is 0 Å². The van der Waals surface area contributed by atoms with Crippen molar-refractivity contribution in [1.82, 2.24) is 5.32 Å². The van der Waals surface area contributed by atoms with Crippen molar-refractivity contribution in [2.75, 3.05) is 0 Å². The number of amides is 1. The molecular weight excluding hydrogens is 294 g/mol. The van der Waals surface area contributed by atoms with Gasteiger partial charge in [-0.15, -0.1) is 11.8 Å². The van der Waals surface area contributed by atoms with Gasteiger partial charge in [-0.1, -0.05) is 23.7 Å². The van der Waals surface area contributed by atoms with E-state index in [0.29, 0.717) is 17.3 Å². The van der Waals surface area contributed by atoms with Crippen LogP contribution in [-0.4, -0.2) is 5.91 Å². The van der Waals surface area contributed by atoms with E-state index in [2.05, 4.69) is 5.32 Å². The lowest BCUT2D eigenvalue weighted by Gasteiger charge is -2.02. The molecule has 0 saturated heterocycles. The Balaban J connectivity index is 1.69. The molecule has 0 saturated carbocycles. The number of hydrogen-bond donors (Lipinski definition) is 1. The highest BCUT2D eigenvalue weighted by molar-refractivity contribution is 8.01. The zero-order valence-electron chi connectivity index (χ0n) is 10.7. The van der Waals surface area contributed by atoms with Gasteiger partial charge in [-0.05, 0) is 35.2 Å². The van der Waals surface area contributed by atoms with Gasteiger partial charge < -0.3 is 9.73 Å². The smallest absolute Gasteiger partial charge is 0.244 e. The van der Waals surface area contributed by atoms with Crippen molar-refractivity contribution in [2.24, 2.45) is 0 Å². The maximum absolute atomic E-state index is 11.6. The molecule has 0 radical (unpaired) electrons. The molecule has 5 heteroatoms. The summed E-state index contributed by atoms with van der Waals surface area (Å²) in [6.07, 6.45) is 3.15. The summed E-state index contributed by atoms with van der Waals surface area (Å²) < 4.78 is 5.19. The summed E-state index contributed by atoms with van der Waals surface area (Å²) >= 11 is 7.38. The summed E-state index contributed by atoms with van der Waals surface area (Å²) in [6, 6.07) is 11.2. The summed E-state index contributed by atoms with van der Waals surface area (Å²) in [5, 5.41) is 5.23. The Morgan fingerprint density at radius 1 is 1.35 bits per heavy atom. The van der Waals surface area contributed by atoms with Gasteiger partial charge in [0.2, 0.25) is 5.91 Å². The van der Waals surface area contributed by atoms with E-state index < -0.39 is 0 Å². The van der Waals surface area contributed by atoms with Gasteiger partial charge in [0, 0.05) is 17.6 Å². The fourth-order valence-electron chi connectivity index (χ4n) is 1.53. The van der Waals surface area contributed by atoms with Crippen LogP contribution in [-0.2, 0) is 17.1 Å². The average Bonchev–Trinajstić information content (AvgIpc) is 2.95. The molecule has 2 rings (SSSR count). The van der Waals surface area contributed by atoms with Crippen LogP contribution in [0.5, 0.6) is 0 Å². The second kappa shape index (κ2) is 7.82. The van der Waals surface area contributed by atoms with Crippen LogP contribution in [0.4, 0.5) is 0 Å². The number of carbonyl (C=O) groups excluding carboxylic acids is 1. The lowest BCUT2D eigenvalue weighted by atomic mass is 10.2. The maximum atomic E-state index is 11.6. The first-order valence-electron chi connectivity index (χ1n) is 6.07. The topological polar surface area (TPSA) is 42.2 Å². The highest BCUT2D eigenvalue weighted by Gasteiger charge is 1.98. The minimum atomic E-state index is -0.128. The molecule has 1 aromatic carbocycles. The van der Waals surface area contributed by atoms with E-state index in [9.17, 15) is 4.79 Å². The molecule has 0 aliphatic rings. The highest BCUT2D eigenvalue weighted by atomic mass is 35.5. The summed E-state index contributed by atoms with van der Waals surface area (Å²) in [6.45, 7) is 0.465. The van der Waals surface area contributed by atoms with Crippen LogP contribution in [0.15, 0.2) is 58.6 Å². The third-order valence-corrected chi connectivity index (χ3v) is 3.49. The Labute approximate surface area is 127 Å². The summed E-state index contributed by atoms with van der Waals surface area (Å²) in [5.74, 6) is 1.47.